The summed E-state index contributed by atoms with van der Waals surface area (Å²) in [4.78, 5) is 13.0. The van der Waals surface area contributed by atoms with Gasteiger partial charge in [-0.1, -0.05) is 42.5 Å². The van der Waals surface area contributed by atoms with Crippen LogP contribution in [-0.2, 0) is 10.2 Å². The van der Waals surface area contributed by atoms with Crippen LogP contribution in [0.1, 0.15) is 28.8 Å². The molecule has 0 N–H and O–H groups in total. The lowest BCUT2D eigenvalue weighted by molar-refractivity contribution is 0.0421. The minimum Gasteiger partial charge on any atom is -0.381 e. The summed E-state index contributed by atoms with van der Waals surface area (Å²) in [5.41, 5.74) is 0.437. The summed E-state index contributed by atoms with van der Waals surface area (Å²) in [5.74, 6) is -0.598. The van der Waals surface area contributed by atoms with Gasteiger partial charge < -0.3 is 4.74 Å². The molecule has 0 unspecified atom stereocenters. The molecule has 2 aromatic carbocycles. The van der Waals surface area contributed by atoms with Crippen LogP contribution in [0.5, 0.6) is 0 Å². The average molecular weight is 284 g/mol. The highest BCUT2D eigenvalue weighted by atomic mass is 19.1. The first-order valence-corrected chi connectivity index (χ1v) is 7.17. The van der Waals surface area contributed by atoms with Crippen molar-refractivity contribution in [2.75, 3.05) is 13.2 Å². The molecule has 1 fully saturated rings. The number of carbonyl (C=O) groups is 1. The van der Waals surface area contributed by atoms with Crippen molar-refractivity contribution < 1.29 is 13.9 Å². The Kier molecular flexibility index (Phi) is 3.84. The number of rotatable bonds is 3. The van der Waals surface area contributed by atoms with Crippen molar-refractivity contribution in [2.24, 2.45) is 0 Å². The molecule has 108 valence electrons. The second-order valence-electron chi connectivity index (χ2n) is 5.37. The van der Waals surface area contributed by atoms with Crippen molar-refractivity contribution >= 4 is 5.78 Å². The zero-order chi connectivity index (χ0) is 14.7. The van der Waals surface area contributed by atoms with Crippen molar-refractivity contribution in [3.8, 4) is 0 Å². The first-order chi connectivity index (χ1) is 10.2. The number of halogens is 1. The molecule has 0 atom stereocenters. The van der Waals surface area contributed by atoms with E-state index >= 15 is 0 Å². The lowest BCUT2D eigenvalue weighted by Gasteiger charge is -2.36. The van der Waals surface area contributed by atoms with Crippen LogP contribution in [0.3, 0.4) is 0 Å². The van der Waals surface area contributed by atoms with Crippen molar-refractivity contribution in [3.63, 3.8) is 0 Å². The van der Waals surface area contributed by atoms with Gasteiger partial charge in [0.1, 0.15) is 5.82 Å². The topological polar surface area (TPSA) is 26.3 Å². The number of ether oxygens (including phenoxy) is 1. The van der Waals surface area contributed by atoms with Gasteiger partial charge in [0.05, 0.1) is 11.0 Å². The molecule has 0 radical (unpaired) electrons. The van der Waals surface area contributed by atoms with Crippen LogP contribution < -0.4 is 0 Å². The third-order valence-electron chi connectivity index (χ3n) is 4.23. The van der Waals surface area contributed by atoms with Gasteiger partial charge in [-0.3, -0.25) is 4.79 Å². The van der Waals surface area contributed by atoms with Crippen molar-refractivity contribution in [3.05, 3.63) is 71.5 Å². The Morgan fingerprint density at radius 1 is 0.952 bits per heavy atom. The molecule has 3 heteroatoms. The van der Waals surface area contributed by atoms with E-state index in [4.69, 9.17) is 4.74 Å². The van der Waals surface area contributed by atoms with Crippen LogP contribution in [0, 0.1) is 5.82 Å². The van der Waals surface area contributed by atoms with Crippen LogP contribution >= 0.6 is 0 Å². The van der Waals surface area contributed by atoms with E-state index in [1.54, 1.807) is 18.2 Å². The molecule has 0 bridgehead atoms. The smallest absolute Gasteiger partial charge is 0.176 e. The standard InChI is InChI=1S/C18H17FO2/c19-16-9-5-4-8-15(16)17(20)18(10-12-21-13-11-18)14-6-2-1-3-7-14/h1-9H,10-13H2. The van der Waals surface area contributed by atoms with E-state index in [-0.39, 0.29) is 11.3 Å². The van der Waals surface area contributed by atoms with Gasteiger partial charge >= 0.3 is 0 Å². The zero-order valence-corrected chi connectivity index (χ0v) is 11.7. The quantitative estimate of drug-likeness (QED) is 0.802. The van der Waals surface area contributed by atoms with E-state index in [1.165, 1.54) is 6.07 Å². The zero-order valence-electron chi connectivity index (χ0n) is 11.7. The third-order valence-corrected chi connectivity index (χ3v) is 4.23. The van der Waals surface area contributed by atoms with E-state index in [2.05, 4.69) is 0 Å². The maximum atomic E-state index is 14.0. The van der Waals surface area contributed by atoms with Crippen LogP contribution in [-0.4, -0.2) is 19.0 Å². The highest BCUT2D eigenvalue weighted by Crippen LogP contribution is 2.38. The van der Waals surface area contributed by atoms with Gasteiger partial charge in [0.25, 0.3) is 0 Å². The lowest BCUT2D eigenvalue weighted by Crippen LogP contribution is -2.41. The Balaban J connectivity index is 2.08. The fraction of sp³-hybridized carbons (Fsp3) is 0.278. The number of Topliss-reactive ketones (excluding diaryl/α,β-unsaturated/α-hetero) is 1. The second-order valence-corrected chi connectivity index (χ2v) is 5.37. The molecule has 3 rings (SSSR count). The SMILES string of the molecule is O=C(c1ccccc1F)C1(c2ccccc2)CCOCC1. The molecule has 1 saturated heterocycles. The largest absolute Gasteiger partial charge is 0.381 e. The van der Waals surface area contributed by atoms with E-state index in [1.807, 2.05) is 30.3 Å². The summed E-state index contributed by atoms with van der Waals surface area (Å²) < 4.78 is 19.4. The summed E-state index contributed by atoms with van der Waals surface area (Å²) in [6.45, 7) is 1.05. The number of benzene rings is 2. The fourth-order valence-electron chi connectivity index (χ4n) is 3.03. The molecule has 21 heavy (non-hydrogen) atoms. The number of carbonyl (C=O) groups excluding carboxylic acids is 1. The van der Waals surface area contributed by atoms with Crippen LogP contribution in [0.2, 0.25) is 0 Å². The molecule has 0 saturated carbocycles. The molecule has 0 aliphatic carbocycles. The average Bonchev–Trinajstić information content (AvgIpc) is 2.56. The molecule has 1 aliphatic rings. The highest BCUT2D eigenvalue weighted by molar-refractivity contribution is 6.04. The number of ketones is 1. The van der Waals surface area contributed by atoms with Crippen molar-refractivity contribution in [1.29, 1.82) is 0 Å². The van der Waals surface area contributed by atoms with Crippen LogP contribution in [0.4, 0.5) is 4.39 Å². The molecule has 0 amide bonds. The molecular weight excluding hydrogens is 267 g/mol. The van der Waals surface area contributed by atoms with Gasteiger partial charge in [-0.25, -0.2) is 4.39 Å². The van der Waals surface area contributed by atoms with E-state index in [9.17, 15) is 9.18 Å². The van der Waals surface area contributed by atoms with Crippen molar-refractivity contribution in [1.82, 2.24) is 0 Å². The first kappa shape index (κ1) is 14.0. The fourth-order valence-corrected chi connectivity index (χ4v) is 3.03. The monoisotopic (exact) mass is 284 g/mol. The van der Waals surface area contributed by atoms with Crippen molar-refractivity contribution in [2.45, 2.75) is 18.3 Å². The van der Waals surface area contributed by atoms with Crippen LogP contribution in [0.25, 0.3) is 0 Å². The Morgan fingerprint density at radius 3 is 2.24 bits per heavy atom. The normalized spacial score (nSPS) is 17.4. The minimum atomic E-state index is -0.679. The van der Waals surface area contributed by atoms with Crippen LogP contribution in [0.15, 0.2) is 54.6 Å². The summed E-state index contributed by atoms with van der Waals surface area (Å²) in [7, 11) is 0. The summed E-state index contributed by atoms with van der Waals surface area (Å²) >= 11 is 0. The number of hydrogen-bond donors (Lipinski definition) is 0. The summed E-state index contributed by atoms with van der Waals surface area (Å²) in [6.07, 6.45) is 1.17. The first-order valence-electron chi connectivity index (χ1n) is 7.17. The second kappa shape index (κ2) is 5.78. The lowest BCUT2D eigenvalue weighted by atomic mass is 9.69. The Hall–Kier alpha value is -2.00. The Morgan fingerprint density at radius 2 is 1.57 bits per heavy atom. The molecule has 1 heterocycles. The van der Waals surface area contributed by atoms with E-state index in [0.29, 0.717) is 26.1 Å². The highest BCUT2D eigenvalue weighted by Gasteiger charge is 2.42. The van der Waals surface area contributed by atoms with Gasteiger partial charge in [-0.2, -0.15) is 0 Å². The Bertz CT molecular complexity index is 631. The van der Waals surface area contributed by atoms with Gasteiger partial charge in [-0.05, 0) is 30.5 Å². The molecular formula is C18H17FO2. The molecule has 2 nitrogen and oxygen atoms in total. The van der Waals surface area contributed by atoms with Gasteiger partial charge in [0.15, 0.2) is 5.78 Å². The molecule has 0 aromatic heterocycles. The van der Waals surface area contributed by atoms with Gasteiger partial charge in [-0.15, -0.1) is 0 Å². The molecule has 2 aromatic rings. The minimum absolute atomic E-state index is 0.143. The molecule has 0 spiro atoms. The van der Waals surface area contributed by atoms with Gasteiger partial charge in [0, 0.05) is 13.2 Å². The summed E-state index contributed by atoms with van der Waals surface area (Å²) in [5, 5.41) is 0. The summed E-state index contributed by atoms with van der Waals surface area (Å²) in [6, 6.07) is 15.9. The van der Waals surface area contributed by atoms with E-state index in [0.717, 1.165) is 5.56 Å². The molecule has 1 aliphatic heterocycles. The van der Waals surface area contributed by atoms with Gasteiger partial charge in [0.2, 0.25) is 0 Å². The predicted octanol–water partition coefficient (Wildman–Crippen LogP) is 3.76. The Labute approximate surface area is 123 Å². The third kappa shape index (κ3) is 2.49. The number of hydrogen-bond acceptors (Lipinski definition) is 2. The maximum absolute atomic E-state index is 14.0. The van der Waals surface area contributed by atoms with E-state index < -0.39 is 11.2 Å². The predicted molar refractivity (Wildman–Crippen MR) is 78.9 cm³/mol. The maximum Gasteiger partial charge on any atom is 0.176 e.